The number of halogens is 4. The molecule has 1 saturated heterocycles. The Bertz CT molecular complexity index is 818. The summed E-state index contributed by atoms with van der Waals surface area (Å²) in [4.78, 5) is 11.8. The van der Waals surface area contributed by atoms with Crippen molar-refractivity contribution in [3.05, 3.63) is 28.8 Å². The molecule has 1 aromatic carbocycles. The standard InChI is InChI=1S/C17H21ClF3NO4S/c1-16(2,3)26-15(23)11-5-4-8-22(10-11)27(24,25)14-7-6-12(9-13(14)18)17(19,20)21/h6-7,9,11H,4-5,8,10H2,1-3H3. The Labute approximate surface area is 161 Å². The first-order chi connectivity index (χ1) is 12.2. The van der Waals surface area contributed by atoms with Gasteiger partial charge in [-0.15, -0.1) is 0 Å². The van der Waals surface area contributed by atoms with Crippen molar-refractivity contribution in [2.75, 3.05) is 13.1 Å². The molecule has 0 aromatic heterocycles. The average molecular weight is 428 g/mol. The number of carbonyl (C=O) groups excluding carboxylic acids is 1. The summed E-state index contributed by atoms with van der Waals surface area (Å²) in [5.41, 5.74) is -1.73. The first-order valence-corrected chi connectivity index (χ1v) is 10.1. The van der Waals surface area contributed by atoms with Crippen LogP contribution in [0.25, 0.3) is 0 Å². The highest BCUT2D eigenvalue weighted by molar-refractivity contribution is 7.89. The molecule has 1 fully saturated rings. The molecule has 5 nitrogen and oxygen atoms in total. The van der Waals surface area contributed by atoms with Gasteiger partial charge in [-0.3, -0.25) is 4.79 Å². The second-order valence-electron chi connectivity index (χ2n) is 7.38. The summed E-state index contributed by atoms with van der Waals surface area (Å²) in [7, 11) is -4.14. The molecule has 0 N–H and O–H groups in total. The number of rotatable bonds is 3. The summed E-state index contributed by atoms with van der Waals surface area (Å²) < 4.78 is 70.3. The molecule has 1 aliphatic heterocycles. The topological polar surface area (TPSA) is 63.7 Å². The average Bonchev–Trinajstić information content (AvgIpc) is 2.52. The molecule has 0 radical (unpaired) electrons. The van der Waals surface area contributed by atoms with Crippen LogP contribution in [0.5, 0.6) is 0 Å². The Morgan fingerprint density at radius 3 is 2.41 bits per heavy atom. The lowest BCUT2D eigenvalue weighted by Crippen LogP contribution is -2.44. The highest BCUT2D eigenvalue weighted by Crippen LogP contribution is 2.35. The molecule has 0 aliphatic carbocycles. The normalized spacial score (nSPS) is 19.7. The SMILES string of the molecule is CC(C)(C)OC(=O)C1CCCN(S(=O)(=O)c2ccc(C(F)(F)F)cc2Cl)C1. The lowest BCUT2D eigenvalue weighted by atomic mass is 9.99. The van der Waals surface area contributed by atoms with Gasteiger partial charge in [0.05, 0.1) is 16.5 Å². The number of hydrogen-bond acceptors (Lipinski definition) is 4. The van der Waals surface area contributed by atoms with Crippen LogP contribution in [0.2, 0.25) is 5.02 Å². The van der Waals surface area contributed by atoms with Crippen LogP contribution in [0.1, 0.15) is 39.2 Å². The molecule has 1 aromatic rings. The van der Waals surface area contributed by atoms with E-state index in [9.17, 15) is 26.4 Å². The van der Waals surface area contributed by atoms with E-state index in [1.807, 2.05) is 0 Å². The number of alkyl halides is 3. The Kier molecular flexibility index (Phi) is 6.18. The maximum absolute atomic E-state index is 12.8. The lowest BCUT2D eigenvalue weighted by Gasteiger charge is -2.32. The van der Waals surface area contributed by atoms with Crippen LogP contribution in [0.15, 0.2) is 23.1 Å². The number of hydrogen-bond donors (Lipinski definition) is 0. The number of ether oxygens (including phenoxy) is 1. The number of carbonyl (C=O) groups is 1. The van der Waals surface area contributed by atoms with Crippen molar-refractivity contribution in [3.63, 3.8) is 0 Å². The summed E-state index contributed by atoms with van der Waals surface area (Å²) in [6, 6.07) is 2.11. The number of sulfonamides is 1. The van der Waals surface area contributed by atoms with E-state index in [0.29, 0.717) is 25.0 Å². The van der Waals surface area contributed by atoms with Gasteiger partial charge in [0.25, 0.3) is 0 Å². The van der Waals surface area contributed by atoms with Crippen LogP contribution in [0.4, 0.5) is 13.2 Å². The van der Waals surface area contributed by atoms with Gasteiger partial charge < -0.3 is 4.74 Å². The largest absolute Gasteiger partial charge is 0.460 e. The first-order valence-electron chi connectivity index (χ1n) is 8.31. The van der Waals surface area contributed by atoms with Crippen molar-refractivity contribution in [1.29, 1.82) is 0 Å². The minimum absolute atomic E-state index is 0.103. The molecule has 152 valence electrons. The predicted octanol–water partition coefficient (Wildman–Crippen LogP) is 4.10. The molecular weight excluding hydrogens is 407 g/mol. The van der Waals surface area contributed by atoms with Gasteiger partial charge in [-0.25, -0.2) is 8.42 Å². The fraction of sp³-hybridized carbons (Fsp3) is 0.588. The van der Waals surface area contributed by atoms with Gasteiger partial charge >= 0.3 is 12.1 Å². The fourth-order valence-electron chi connectivity index (χ4n) is 2.76. The molecule has 1 atom stereocenters. The quantitative estimate of drug-likeness (QED) is 0.681. The molecule has 27 heavy (non-hydrogen) atoms. The second-order valence-corrected chi connectivity index (χ2v) is 9.69. The van der Waals surface area contributed by atoms with Gasteiger partial charge in [-0.2, -0.15) is 17.5 Å². The van der Waals surface area contributed by atoms with E-state index < -0.39 is 49.2 Å². The van der Waals surface area contributed by atoms with Gasteiger partial charge in [0.1, 0.15) is 10.5 Å². The second kappa shape index (κ2) is 7.60. The van der Waals surface area contributed by atoms with Crippen LogP contribution in [0, 0.1) is 5.92 Å². The highest BCUT2D eigenvalue weighted by Gasteiger charge is 2.37. The van der Waals surface area contributed by atoms with E-state index >= 15 is 0 Å². The van der Waals surface area contributed by atoms with Crippen LogP contribution in [0.3, 0.4) is 0 Å². The number of piperidine rings is 1. The number of esters is 1. The predicted molar refractivity (Wildman–Crippen MR) is 93.8 cm³/mol. The van der Waals surface area contributed by atoms with Crippen molar-refractivity contribution in [2.24, 2.45) is 5.92 Å². The Morgan fingerprint density at radius 1 is 1.26 bits per heavy atom. The molecule has 0 bridgehead atoms. The van der Waals surface area contributed by atoms with E-state index in [-0.39, 0.29) is 13.1 Å². The minimum Gasteiger partial charge on any atom is -0.460 e. The van der Waals surface area contributed by atoms with Crippen molar-refractivity contribution < 1.29 is 31.1 Å². The maximum atomic E-state index is 12.8. The number of nitrogens with zero attached hydrogens (tertiary/aromatic N) is 1. The summed E-state index contributed by atoms with van der Waals surface area (Å²) >= 11 is 5.83. The van der Waals surface area contributed by atoms with E-state index in [0.717, 1.165) is 10.4 Å². The Hall–Kier alpha value is -1.32. The fourth-order valence-corrected chi connectivity index (χ4v) is 4.81. The molecule has 1 heterocycles. The molecule has 1 unspecified atom stereocenters. The minimum atomic E-state index is -4.63. The summed E-state index contributed by atoms with van der Waals surface area (Å²) in [5, 5.41) is -0.510. The first kappa shape index (κ1) is 22.0. The van der Waals surface area contributed by atoms with Gasteiger partial charge in [-0.05, 0) is 51.8 Å². The molecule has 0 saturated carbocycles. The van der Waals surface area contributed by atoms with Crippen LogP contribution < -0.4 is 0 Å². The smallest absolute Gasteiger partial charge is 0.416 e. The van der Waals surface area contributed by atoms with Crippen LogP contribution in [-0.4, -0.2) is 37.4 Å². The van der Waals surface area contributed by atoms with E-state index in [1.165, 1.54) is 0 Å². The molecule has 10 heteroatoms. The van der Waals surface area contributed by atoms with Gasteiger partial charge in [-0.1, -0.05) is 11.6 Å². The van der Waals surface area contributed by atoms with Crippen LogP contribution in [-0.2, 0) is 25.7 Å². The van der Waals surface area contributed by atoms with Gasteiger partial charge in [0.15, 0.2) is 0 Å². The van der Waals surface area contributed by atoms with Crippen LogP contribution >= 0.6 is 11.6 Å². The zero-order valence-electron chi connectivity index (χ0n) is 15.1. The van der Waals surface area contributed by atoms with Crippen molar-refractivity contribution in [2.45, 2.75) is 50.3 Å². The molecule has 1 aliphatic rings. The molecular formula is C17H21ClF3NO4S. The highest BCUT2D eigenvalue weighted by atomic mass is 35.5. The van der Waals surface area contributed by atoms with E-state index in [2.05, 4.69) is 0 Å². The van der Waals surface area contributed by atoms with Gasteiger partial charge in [0.2, 0.25) is 10.0 Å². The van der Waals surface area contributed by atoms with E-state index in [1.54, 1.807) is 20.8 Å². The maximum Gasteiger partial charge on any atom is 0.416 e. The summed E-state index contributed by atoms with van der Waals surface area (Å²) in [6.45, 7) is 5.19. The third-order valence-electron chi connectivity index (χ3n) is 4.00. The summed E-state index contributed by atoms with van der Waals surface area (Å²) in [6.07, 6.45) is -3.72. The third-order valence-corrected chi connectivity index (χ3v) is 6.35. The van der Waals surface area contributed by atoms with E-state index in [4.69, 9.17) is 16.3 Å². The molecule has 0 amide bonds. The monoisotopic (exact) mass is 427 g/mol. The Morgan fingerprint density at radius 2 is 1.89 bits per heavy atom. The third kappa shape index (κ3) is 5.36. The number of benzene rings is 1. The van der Waals surface area contributed by atoms with Crippen molar-refractivity contribution in [3.8, 4) is 0 Å². The van der Waals surface area contributed by atoms with Gasteiger partial charge in [0, 0.05) is 13.1 Å². The van der Waals surface area contributed by atoms with Crippen molar-refractivity contribution in [1.82, 2.24) is 4.31 Å². The molecule has 2 rings (SSSR count). The Balaban J connectivity index is 2.25. The zero-order valence-corrected chi connectivity index (χ0v) is 16.7. The lowest BCUT2D eigenvalue weighted by molar-refractivity contribution is -0.161. The van der Waals surface area contributed by atoms with Crippen molar-refractivity contribution >= 4 is 27.6 Å². The molecule has 0 spiro atoms. The summed E-state index contributed by atoms with van der Waals surface area (Å²) in [5.74, 6) is -1.14. The zero-order chi connectivity index (χ0) is 20.6.